The van der Waals surface area contributed by atoms with Crippen LogP contribution in [0.1, 0.15) is 42.3 Å². The van der Waals surface area contributed by atoms with E-state index in [1.54, 1.807) is 25.3 Å². The van der Waals surface area contributed by atoms with Crippen LogP contribution in [0.5, 0.6) is 0 Å². The molecule has 0 fully saturated rings. The Bertz CT molecular complexity index is 703. The molecule has 0 atom stereocenters. The average Bonchev–Trinajstić information content (AvgIpc) is 2.43. The van der Waals surface area contributed by atoms with E-state index in [2.05, 4.69) is 20.8 Å². The summed E-state index contributed by atoms with van der Waals surface area (Å²) < 4.78 is 1.45. The summed E-state index contributed by atoms with van der Waals surface area (Å²) in [7, 11) is 0. The number of nitrogens with zero attached hydrogens (tertiary/aromatic N) is 1. The van der Waals surface area contributed by atoms with Gasteiger partial charge in [-0.15, -0.1) is 0 Å². The second-order valence-corrected chi connectivity index (χ2v) is 6.37. The van der Waals surface area contributed by atoms with Gasteiger partial charge in [-0.05, 0) is 24.0 Å². The largest absolute Gasteiger partial charge is 0.308 e. The second kappa shape index (κ2) is 5.68. The van der Waals surface area contributed by atoms with Crippen LogP contribution in [0.15, 0.2) is 47.4 Å². The highest BCUT2D eigenvalue weighted by Gasteiger charge is 2.14. The summed E-state index contributed by atoms with van der Waals surface area (Å²) in [5, 5.41) is 0. The Morgan fingerprint density at radius 3 is 2.29 bits per heavy atom. The monoisotopic (exact) mass is 283 g/mol. The lowest BCUT2D eigenvalue weighted by Gasteiger charge is -2.19. The van der Waals surface area contributed by atoms with Crippen LogP contribution in [0.2, 0.25) is 0 Å². The predicted octanol–water partition coefficient (Wildman–Crippen LogP) is 3.34. The van der Waals surface area contributed by atoms with Crippen molar-refractivity contribution in [3.05, 3.63) is 69.6 Å². The van der Waals surface area contributed by atoms with E-state index in [0.717, 1.165) is 0 Å². The minimum absolute atomic E-state index is 0.0526. The standard InChI is InChI=1S/C18H21NO2/c1-13-6-5-11-19(17(13)21)12-16(20)14-7-9-15(10-8-14)18(2,3)4/h5-11H,12H2,1-4H3. The molecule has 0 aliphatic rings. The van der Waals surface area contributed by atoms with E-state index in [0.29, 0.717) is 11.1 Å². The van der Waals surface area contributed by atoms with E-state index in [9.17, 15) is 9.59 Å². The third kappa shape index (κ3) is 3.48. The Balaban J connectivity index is 2.21. The van der Waals surface area contributed by atoms with Gasteiger partial charge in [-0.2, -0.15) is 0 Å². The molecule has 0 saturated heterocycles. The third-order valence-electron chi connectivity index (χ3n) is 3.60. The van der Waals surface area contributed by atoms with E-state index in [4.69, 9.17) is 0 Å². The second-order valence-electron chi connectivity index (χ2n) is 6.37. The summed E-state index contributed by atoms with van der Waals surface area (Å²) in [5.41, 5.74) is 2.42. The maximum absolute atomic E-state index is 12.3. The number of carbonyl (C=O) groups excluding carboxylic acids is 1. The number of pyridine rings is 1. The van der Waals surface area contributed by atoms with Gasteiger partial charge in [-0.25, -0.2) is 0 Å². The number of benzene rings is 1. The van der Waals surface area contributed by atoms with Gasteiger partial charge in [0.25, 0.3) is 5.56 Å². The van der Waals surface area contributed by atoms with Gasteiger partial charge < -0.3 is 4.57 Å². The molecule has 2 rings (SSSR count). The van der Waals surface area contributed by atoms with Crippen molar-refractivity contribution in [1.29, 1.82) is 0 Å². The van der Waals surface area contributed by atoms with Crippen molar-refractivity contribution < 1.29 is 4.79 Å². The number of hydrogen-bond acceptors (Lipinski definition) is 2. The molecule has 0 aliphatic heterocycles. The number of ketones is 1. The Morgan fingerprint density at radius 2 is 1.71 bits per heavy atom. The van der Waals surface area contributed by atoms with Crippen LogP contribution in [0.3, 0.4) is 0 Å². The van der Waals surface area contributed by atoms with Crippen molar-refractivity contribution in [3.63, 3.8) is 0 Å². The molecule has 0 bridgehead atoms. The van der Waals surface area contributed by atoms with E-state index in [-0.39, 0.29) is 23.3 Å². The summed E-state index contributed by atoms with van der Waals surface area (Å²) in [6.45, 7) is 8.24. The summed E-state index contributed by atoms with van der Waals surface area (Å²) in [6.07, 6.45) is 1.65. The van der Waals surface area contributed by atoms with Crippen molar-refractivity contribution >= 4 is 5.78 Å². The average molecular weight is 283 g/mol. The molecule has 0 N–H and O–H groups in total. The molecule has 1 aromatic heterocycles. The quantitative estimate of drug-likeness (QED) is 0.810. The molecule has 110 valence electrons. The molecule has 0 aliphatic carbocycles. The van der Waals surface area contributed by atoms with E-state index >= 15 is 0 Å². The fourth-order valence-electron chi connectivity index (χ4n) is 2.18. The SMILES string of the molecule is Cc1cccn(CC(=O)c2ccc(C(C)(C)C)cc2)c1=O. The van der Waals surface area contributed by atoms with Crippen molar-refractivity contribution in [3.8, 4) is 0 Å². The van der Waals surface area contributed by atoms with Crippen LogP contribution in [0, 0.1) is 6.92 Å². The number of hydrogen-bond donors (Lipinski definition) is 0. The van der Waals surface area contributed by atoms with Gasteiger partial charge in [-0.3, -0.25) is 9.59 Å². The van der Waals surface area contributed by atoms with Crippen molar-refractivity contribution in [2.75, 3.05) is 0 Å². The molecule has 3 nitrogen and oxygen atoms in total. The highest BCUT2D eigenvalue weighted by Crippen LogP contribution is 2.22. The molecule has 0 radical (unpaired) electrons. The van der Waals surface area contributed by atoms with E-state index < -0.39 is 0 Å². The van der Waals surface area contributed by atoms with Crippen LogP contribution in [-0.4, -0.2) is 10.4 Å². The first-order chi connectivity index (χ1) is 9.79. The Kier molecular flexibility index (Phi) is 4.12. The fourth-order valence-corrected chi connectivity index (χ4v) is 2.18. The maximum atomic E-state index is 12.3. The molecule has 21 heavy (non-hydrogen) atoms. The highest BCUT2D eigenvalue weighted by atomic mass is 16.1. The molecule has 0 unspecified atom stereocenters. The van der Waals surface area contributed by atoms with Crippen LogP contribution < -0.4 is 5.56 Å². The first-order valence-electron chi connectivity index (χ1n) is 7.09. The van der Waals surface area contributed by atoms with Gasteiger partial charge in [0.05, 0.1) is 6.54 Å². The number of aromatic nitrogens is 1. The minimum Gasteiger partial charge on any atom is -0.308 e. The molecule has 0 saturated carbocycles. The smallest absolute Gasteiger partial charge is 0.253 e. The summed E-state index contributed by atoms with van der Waals surface area (Å²) in [6, 6.07) is 11.2. The summed E-state index contributed by atoms with van der Waals surface area (Å²) >= 11 is 0. The number of carbonyl (C=O) groups is 1. The predicted molar refractivity (Wildman–Crippen MR) is 84.9 cm³/mol. The zero-order chi connectivity index (χ0) is 15.6. The first-order valence-corrected chi connectivity index (χ1v) is 7.09. The van der Waals surface area contributed by atoms with Crippen LogP contribution >= 0.6 is 0 Å². The highest BCUT2D eigenvalue weighted by molar-refractivity contribution is 5.95. The summed E-state index contributed by atoms with van der Waals surface area (Å²) in [4.78, 5) is 24.2. The maximum Gasteiger partial charge on any atom is 0.253 e. The Labute approximate surface area is 125 Å². The number of rotatable bonds is 3. The van der Waals surface area contributed by atoms with Crippen LogP contribution in [0.25, 0.3) is 0 Å². The molecule has 0 spiro atoms. The lowest BCUT2D eigenvalue weighted by Crippen LogP contribution is -2.25. The van der Waals surface area contributed by atoms with Gasteiger partial charge in [0.15, 0.2) is 5.78 Å². The van der Waals surface area contributed by atoms with Gasteiger partial charge in [-0.1, -0.05) is 51.1 Å². The number of aryl methyl sites for hydroxylation is 1. The molecule has 0 amide bonds. The Morgan fingerprint density at radius 1 is 1.10 bits per heavy atom. The van der Waals surface area contributed by atoms with Gasteiger partial charge in [0.1, 0.15) is 0 Å². The molecular formula is C18H21NO2. The molecule has 3 heteroatoms. The molecule has 1 aromatic carbocycles. The van der Waals surface area contributed by atoms with E-state index in [1.165, 1.54) is 10.1 Å². The van der Waals surface area contributed by atoms with E-state index in [1.807, 2.05) is 24.3 Å². The Hall–Kier alpha value is -2.16. The molecular weight excluding hydrogens is 262 g/mol. The topological polar surface area (TPSA) is 39.1 Å². The lowest BCUT2D eigenvalue weighted by atomic mass is 9.86. The van der Waals surface area contributed by atoms with Crippen molar-refractivity contribution in [2.24, 2.45) is 0 Å². The lowest BCUT2D eigenvalue weighted by molar-refractivity contribution is 0.0970. The summed E-state index contributed by atoms with van der Waals surface area (Å²) in [5.74, 6) is -0.0526. The zero-order valence-corrected chi connectivity index (χ0v) is 13.0. The normalized spacial score (nSPS) is 11.4. The minimum atomic E-state index is -0.114. The van der Waals surface area contributed by atoms with Gasteiger partial charge in [0, 0.05) is 17.3 Å². The van der Waals surface area contributed by atoms with Gasteiger partial charge in [0.2, 0.25) is 0 Å². The third-order valence-corrected chi connectivity index (χ3v) is 3.60. The van der Waals surface area contributed by atoms with Gasteiger partial charge >= 0.3 is 0 Å². The zero-order valence-electron chi connectivity index (χ0n) is 13.0. The molecule has 1 heterocycles. The van der Waals surface area contributed by atoms with Crippen LogP contribution in [0.4, 0.5) is 0 Å². The number of Topliss-reactive ketones (excluding diaryl/α,β-unsaturated/α-hetero) is 1. The van der Waals surface area contributed by atoms with Crippen molar-refractivity contribution in [2.45, 2.75) is 39.7 Å². The molecule has 2 aromatic rings. The van der Waals surface area contributed by atoms with Crippen molar-refractivity contribution in [1.82, 2.24) is 4.57 Å². The first kappa shape index (κ1) is 15.2. The fraction of sp³-hybridized carbons (Fsp3) is 0.333. The van der Waals surface area contributed by atoms with Crippen LogP contribution in [-0.2, 0) is 12.0 Å².